The minimum Gasteiger partial charge on any atom is -0.406 e. The molecule has 0 amide bonds. The highest BCUT2D eigenvalue weighted by atomic mass is 32.2. The number of rotatable bonds is 4. The summed E-state index contributed by atoms with van der Waals surface area (Å²) in [7, 11) is -4.17. The monoisotopic (exact) mass is 426 g/mol. The lowest BCUT2D eigenvalue weighted by Crippen LogP contribution is -2.43. The molecule has 4 rings (SSSR count). The summed E-state index contributed by atoms with van der Waals surface area (Å²) in [6.07, 6.45) is -3.74. The quantitative estimate of drug-likeness (QED) is 0.691. The fourth-order valence-electron chi connectivity index (χ4n) is 3.30. The first-order valence-electron chi connectivity index (χ1n) is 8.79. The van der Waals surface area contributed by atoms with Crippen LogP contribution in [0.5, 0.6) is 5.75 Å². The van der Waals surface area contributed by atoms with Crippen molar-refractivity contribution in [1.29, 1.82) is 0 Å². The van der Waals surface area contributed by atoms with E-state index < -0.39 is 22.1 Å². The van der Waals surface area contributed by atoms with E-state index >= 15 is 0 Å². The fourth-order valence-corrected chi connectivity index (χ4v) is 4.62. The smallest absolute Gasteiger partial charge is 0.406 e. The van der Waals surface area contributed by atoms with Crippen LogP contribution in [-0.4, -0.2) is 49.9 Å². The molecule has 3 aromatic rings. The molecule has 1 N–H and O–H groups in total. The number of nitrogens with zero attached hydrogens (tertiary/aromatic N) is 3. The van der Waals surface area contributed by atoms with Crippen molar-refractivity contribution < 1.29 is 26.3 Å². The van der Waals surface area contributed by atoms with Crippen molar-refractivity contribution in [3.05, 3.63) is 48.8 Å². The van der Waals surface area contributed by atoms with E-state index in [2.05, 4.69) is 19.9 Å². The van der Waals surface area contributed by atoms with Gasteiger partial charge in [0.1, 0.15) is 17.6 Å². The number of hydrogen-bond donors (Lipinski definition) is 1. The average molecular weight is 426 g/mol. The minimum absolute atomic E-state index is 0.328. The van der Waals surface area contributed by atoms with E-state index in [9.17, 15) is 21.6 Å². The Balaban J connectivity index is 1.75. The number of piperazine rings is 1. The van der Waals surface area contributed by atoms with Crippen molar-refractivity contribution in [2.24, 2.45) is 0 Å². The Morgan fingerprint density at radius 3 is 2.52 bits per heavy atom. The Hall–Kier alpha value is -2.79. The Labute approximate surface area is 164 Å². The van der Waals surface area contributed by atoms with Gasteiger partial charge in [0.05, 0.1) is 16.1 Å². The molecule has 0 spiro atoms. The number of imidazole rings is 1. The van der Waals surface area contributed by atoms with Crippen molar-refractivity contribution in [2.75, 3.05) is 31.1 Å². The Kier molecular flexibility index (Phi) is 4.87. The molecular formula is C18H17F3N4O3S. The van der Waals surface area contributed by atoms with E-state index in [4.69, 9.17) is 0 Å². The van der Waals surface area contributed by atoms with Gasteiger partial charge in [0.2, 0.25) is 0 Å². The number of fused-ring (bicyclic) bond motifs is 1. The number of hydrogen-bond acceptors (Lipinski definition) is 6. The highest BCUT2D eigenvalue weighted by molar-refractivity contribution is 7.90. The molecule has 0 radical (unpaired) electrons. The zero-order valence-electron chi connectivity index (χ0n) is 15.1. The van der Waals surface area contributed by atoms with Gasteiger partial charge in [-0.3, -0.25) is 0 Å². The summed E-state index contributed by atoms with van der Waals surface area (Å²) < 4.78 is 68.4. The van der Waals surface area contributed by atoms with Crippen molar-refractivity contribution in [3.8, 4) is 5.75 Å². The molecule has 0 bridgehead atoms. The number of aromatic nitrogens is 2. The molecule has 29 heavy (non-hydrogen) atoms. The van der Waals surface area contributed by atoms with Crippen molar-refractivity contribution in [3.63, 3.8) is 0 Å². The summed E-state index contributed by atoms with van der Waals surface area (Å²) in [5.41, 5.74) is 1.68. The molecule has 154 valence electrons. The Morgan fingerprint density at radius 1 is 1.07 bits per heavy atom. The van der Waals surface area contributed by atoms with Crippen LogP contribution in [0.2, 0.25) is 0 Å². The number of ether oxygens (including phenoxy) is 1. The maximum Gasteiger partial charge on any atom is 0.573 e. The SMILES string of the molecule is O=S(=O)(c1cccc(OC(F)(F)F)c1)n1cnc2c(N3CCNCC3)cccc21. The van der Waals surface area contributed by atoms with Crippen LogP contribution in [0.1, 0.15) is 0 Å². The second kappa shape index (κ2) is 7.23. The highest BCUT2D eigenvalue weighted by Crippen LogP contribution is 2.30. The second-order valence-corrected chi connectivity index (χ2v) is 8.26. The standard InChI is InChI=1S/C18H17F3N4O3S/c19-18(20,21)28-13-3-1-4-14(11-13)29(26,27)25-12-23-17-15(5-2-6-16(17)25)24-9-7-22-8-10-24/h1-6,11-12,22H,7-10H2. The van der Waals surface area contributed by atoms with Gasteiger partial charge in [-0.05, 0) is 24.3 Å². The predicted octanol–water partition coefficient (Wildman–Crippen LogP) is 2.58. The van der Waals surface area contributed by atoms with Gasteiger partial charge in [0, 0.05) is 32.2 Å². The van der Waals surface area contributed by atoms with Crippen molar-refractivity contribution >= 4 is 26.7 Å². The maximum absolute atomic E-state index is 13.1. The molecule has 2 heterocycles. The van der Waals surface area contributed by atoms with E-state index in [1.807, 2.05) is 6.07 Å². The molecule has 2 aromatic carbocycles. The van der Waals surface area contributed by atoms with Crippen LogP contribution < -0.4 is 15.0 Å². The molecule has 1 saturated heterocycles. The lowest BCUT2D eigenvalue weighted by Gasteiger charge is -2.29. The number of alkyl halides is 3. The second-order valence-electron chi connectivity index (χ2n) is 6.45. The minimum atomic E-state index is -4.91. The van der Waals surface area contributed by atoms with Gasteiger partial charge in [-0.15, -0.1) is 13.2 Å². The van der Waals surface area contributed by atoms with Gasteiger partial charge in [-0.25, -0.2) is 17.4 Å². The molecular weight excluding hydrogens is 409 g/mol. The maximum atomic E-state index is 13.1. The summed E-state index contributed by atoms with van der Waals surface area (Å²) in [6.45, 7) is 3.13. The molecule has 0 saturated carbocycles. The molecule has 0 aliphatic carbocycles. The van der Waals surface area contributed by atoms with Gasteiger partial charge in [0.15, 0.2) is 0 Å². The zero-order valence-corrected chi connectivity index (χ0v) is 15.9. The van der Waals surface area contributed by atoms with Crippen LogP contribution in [0.4, 0.5) is 18.9 Å². The number of halogens is 3. The summed E-state index contributed by atoms with van der Waals surface area (Å²) in [4.78, 5) is 6.06. The van der Waals surface area contributed by atoms with E-state index in [0.29, 0.717) is 11.0 Å². The average Bonchev–Trinajstić information content (AvgIpc) is 3.12. The number of para-hydroxylation sites is 1. The molecule has 0 atom stereocenters. The Bertz CT molecular complexity index is 1140. The third-order valence-electron chi connectivity index (χ3n) is 4.58. The van der Waals surface area contributed by atoms with Crippen LogP contribution in [0, 0.1) is 0 Å². The van der Waals surface area contributed by atoms with Gasteiger partial charge < -0.3 is 15.0 Å². The summed E-state index contributed by atoms with van der Waals surface area (Å²) in [5.74, 6) is -0.607. The molecule has 7 nitrogen and oxygen atoms in total. The number of anilines is 1. The third kappa shape index (κ3) is 3.87. The van der Waals surface area contributed by atoms with Crippen LogP contribution >= 0.6 is 0 Å². The zero-order chi connectivity index (χ0) is 20.6. The first-order chi connectivity index (χ1) is 13.8. The molecule has 1 aliphatic rings. The van der Waals surface area contributed by atoms with E-state index in [-0.39, 0.29) is 4.90 Å². The van der Waals surface area contributed by atoms with Gasteiger partial charge in [-0.1, -0.05) is 12.1 Å². The van der Waals surface area contributed by atoms with E-state index in [1.165, 1.54) is 18.5 Å². The molecule has 1 aliphatic heterocycles. The van der Waals surface area contributed by atoms with Gasteiger partial charge in [-0.2, -0.15) is 0 Å². The van der Waals surface area contributed by atoms with Crippen LogP contribution in [0.25, 0.3) is 11.0 Å². The lowest BCUT2D eigenvalue weighted by molar-refractivity contribution is -0.274. The third-order valence-corrected chi connectivity index (χ3v) is 6.23. The van der Waals surface area contributed by atoms with Gasteiger partial charge in [0.25, 0.3) is 10.0 Å². The summed E-state index contributed by atoms with van der Waals surface area (Å²) in [6, 6.07) is 9.51. The number of benzene rings is 2. The predicted molar refractivity (Wildman–Crippen MR) is 101 cm³/mol. The summed E-state index contributed by atoms with van der Waals surface area (Å²) >= 11 is 0. The summed E-state index contributed by atoms with van der Waals surface area (Å²) in [5, 5.41) is 3.25. The highest BCUT2D eigenvalue weighted by Gasteiger charge is 2.32. The Morgan fingerprint density at radius 2 is 1.79 bits per heavy atom. The first-order valence-corrected chi connectivity index (χ1v) is 10.2. The molecule has 1 aromatic heterocycles. The van der Waals surface area contributed by atoms with Crippen LogP contribution in [0.15, 0.2) is 53.7 Å². The largest absolute Gasteiger partial charge is 0.573 e. The van der Waals surface area contributed by atoms with Gasteiger partial charge >= 0.3 is 6.36 Å². The van der Waals surface area contributed by atoms with Crippen LogP contribution in [0.3, 0.4) is 0 Å². The number of nitrogens with one attached hydrogen (secondary N) is 1. The molecule has 1 fully saturated rings. The van der Waals surface area contributed by atoms with E-state index in [1.54, 1.807) is 12.1 Å². The molecule has 11 heteroatoms. The lowest BCUT2D eigenvalue weighted by atomic mass is 10.2. The molecule has 0 unspecified atom stereocenters. The van der Waals surface area contributed by atoms with Crippen LogP contribution in [-0.2, 0) is 10.0 Å². The topological polar surface area (TPSA) is 76.5 Å². The first kappa shape index (κ1) is 19.5. The van der Waals surface area contributed by atoms with Crippen molar-refractivity contribution in [2.45, 2.75) is 11.3 Å². The van der Waals surface area contributed by atoms with Crippen molar-refractivity contribution in [1.82, 2.24) is 14.3 Å². The fraction of sp³-hybridized carbons (Fsp3) is 0.278. The normalized spacial score (nSPS) is 15.6. The van der Waals surface area contributed by atoms with E-state index in [0.717, 1.165) is 48.0 Å².